The van der Waals surface area contributed by atoms with Gasteiger partial charge in [-0.15, -0.1) is 0 Å². The van der Waals surface area contributed by atoms with Gasteiger partial charge in [-0.05, 0) is 62.4 Å². The van der Waals surface area contributed by atoms with Crippen LogP contribution >= 0.6 is 0 Å². The van der Waals surface area contributed by atoms with Crippen LogP contribution in [0, 0.1) is 0 Å². The summed E-state index contributed by atoms with van der Waals surface area (Å²) >= 11 is 0. The summed E-state index contributed by atoms with van der Waals surface area (Å²) in [5, 5.41) is 3.15. The average molecular weight is 503 g/mol. The van der Waals surface area contributed by atoms with Gasteiger partial charge >= 0.3 is 0 Å². The highest BCUT2D eigenvalue weighted by atomic mass is 32.2. The first-order valence-electron chi connectivity index (χ1n) is 12.3. The molecule has 1 aliphatic heterocycles. The minimum Gasteiger partial charge on any atom is -0.497 e. The molecule has 8 heteroatoms. The highest BCUT2D eigenvalue weighted by molar-refractivity contribution is 7.82. The van der Waals surface area contributed by atoms with Gasteiger partial charge in [-0.2, -0.15) is 0 Å². The second-order valence-electron chi connectivity index (χ2n) is 8.86. The quantitative estimate of drug-likeness (QED) is 0.426. The first-order valence-corrected chi connectivity index (χ1v) is 13.5. The molecule has 0 spiro atoms. The van der Waals surface area contributed by atoms with Crippen molar-refractivity contribution in [2.45, 2.75) is 62.6 Å². The molecule has 4 atom stereocenters. The Kier molecular flexibility index (Phi) is 11.2. The zero-order valence-corrected chi connectivity index (χ0v) is 21.8. The Morgan fingerprint density at radius 2 is 1.94 bits per heavy atom. The summed E-state index contributed by atoms with van der Waals surface area (Å²) in [6.07, 6.45) is 3.04. The molecule has 2 aromatic rings. The van der Waals surface area contributed by atoms with Crippen LogP contribution in [0.4, 0.5) is 0 Å². The third-order valence-electron chi connectivity index (χ3n) is 6.28. The molecule has 2 aromatic carbocycles. The van der Waals surface area contributed by atoms with Crippen LogP contribution in [0.2, 0.25) is 0 Å². The van der Waals surface area contributed by atoms with E-state index in [0.717, 1.165) is 29.1 Å². The number of hydrogen-bond acceptors (Lipinski definition) is 5. The minimum absolute atomic E-state index is 0.0128. The van der Waals surface area contributed by atoms with Gasteiger partial charge in [-0.3, -0.25) is 4.79 Å². The number of carbonyl (C=O) groups is 1. The molecular weight excluding hydrogens is 464 g/mol. The number of amides is 1. The molecule has 0 saturated carbocycles. The lowest BCUT2D eigenvalue weighted by Gasteiger charge is -2.29. The van der Waals surface area contributed by atoms with Crippen LogP contribution in [-0.4, -0.2) is 66.1 Å². The van der Waals surface area contributed by atoms with E-state index in [1.807, 2.05) is 46.8 Å². The van der Waals surface area contributed by atoms with Crippen LogP contribution < -0.4 is 10.1 Å². The number of nitrogens with zero attached hydrogens (tertiary/aromatic N) is 1. The van der Waals surface area contributed by atoms with Crippen molar-refractivity contribution in [2.75, 3.05) is 33.5 Å². The number of methoxy groups -OCH3 is 1. The van der Waals surface area contributed by atoms with Crippen molar-refractivity contribution in [2.24, 2.45) is 0 Å². The van der Waals surface area contributed by atoms with E-state index in [9.17, 15) is 9.00 Å². The molecule has 0 aromatic heterocycles. The first kappa shape index (κ1) is 27.3. The SMILES string of the molecule is CCC(C)N(CCC(Cc1ccccc1)NC(=O)COC1CCOC1)S(=O)c1ccc(OC)cc1. The summed E-state index contributed by atoms with van der Waals surface area (Å²) < 4.78 is 31.7. The van der Waals surface area contributed by atoms with E-state index < -0.39 is 11.0 Å². The van der Waals surface area contributed by atoms with Crippen LogP contribution in [0.5, 0.6) is 5.75 Å². The number of carbonyl (C=O) groups excluding carboxylic acids is 1. The molecule has 0 radical (unpaired) electrons. The van der Waals surface area contributed by atoms with E-state index in [0.29, 0.717) is 32.6 Å². The Bertz CT molecular complexity index is 919. The van der Waals surface area contributed by atoms with Gasteiger partial charge in [0, 0.05) is 25.2 Å². The summed E-state index contributed by atoms with van der Waals surface area (Å²) in [5.41, 5.74) is 1.15. The smallest absolute Gasteiger partial charge is 0.246 e. The molecule has 192 valence electrons. The third kappa shape index (κ3) is 8.72. The highest BCUT2D eigenvalue weighted by Crippen LogP contribution is 2.20. The van der Waals surface area contributed by atoms with Gasteiger partial charge in [0.2, 0.25) is 5.91 Å². The molecule has 1 N–H and O–H groups in total. The predicted molar refractivity (Wildman–Crippen MR) is 138 cm³/mol. The molecule has 1 heterocycles. The maximum atomic E-state index is 13.5. The van der Waals surface area contributed by atoms with E-state index in [1.54, 1.807) is 7.11 Å². The van der Waals surface area contributed by atoms with Crippen LogP contribution in [0.25, 0.3) is 0 Å². The van der Waals surface area contributed by atoms with E-state index in [1.165, 1.54) is 0 Å². The minimum atomic E-state index is -1.32. The standard InChI is InChI=1S/C27H38N2O5S/c1-4-21(2)29(35(31)26-12-10-24(32-3)11-13-26)16-14-23(18-22-8-6-5-7-9-22)28-27(30)20-34-25-15-17-33-19-25/h5-13,21,23,25H,4,14-20H2,1-3H3,(H,28,30). The maximum absolute atomic E-state index is 13.5. The lowest BCUT2D eigenvalue weighted by atomic mass is 10.0. The van der Waals surface area contributed by atoms with Crippen molar-refractivity contribution in [1.82, 2.24) is 9.62 Å². The van der Waals surface area contributed by atoms with Crippen LogP contribution in [0.3, 0.4) is 0 Å². The second-order valence-corrected chi connectivity index (χ2v) is 10.3. The normalized spacial score (nSPS) is 18.2. The fraction of sp³-hybridized carbons (Fsp3) is 0.519. The molecule has 4 unspecified atom stereocenters. The number of rotatable bonds is 14. The van der Waals surface area contributed by atoms with Gasteiger partial charge in [0.1, 0.15) is 23.3 Å². The molecule has 35 heavy (non-hydrogen) atoms. The number of hydrogen-bond donors (Lipinski definition) is 1. The summed E-state index contributed by atoms with van der Waals surface area (Å²) in [6, 6.07) is 17.5. The van der Waals surface area contributed by atoms with Crippen molar-refractivity contribution in [1.29, 1.82) is 0 Å². The van der Waals surface area contributed by atoms with Crippen LogP contribution in [-0.2, 0) is 31.7 Å². The summed E-state index contributed by atoms with van der Waals surface area (Å²) in [7, 11) is 0.301. The van der Waals surface area contributed by atoms with Crippen molar-refractivity contribution >= 4 is 16.9 Å². The van der Waals surface area contributed by atoms with Crippen molar-refractivity contribution < 1.29 is 23.2 Å². The monoisotopic (exact) mass is 502 g/mol. The zero-order valence-electron chi connectivity index (χ0n) is 21.0. The highest BCUT2D eigenvalue weighted by Gasteiger charge is 2.24. The Hall–Kier alpha value is -2.26. The molecule has 0 bridgehead atoms. The summed E-state index contributed by atoms with van der Waals surface area (Å²) in [5.74, 6) is 0.599. The molecule has 1 aliphatic rings. The Balaban J connectivity index is 1.66. The second kappa shape index (κ2) is 14.3. The summed E-state index contributed by atoms with van der Waals surface area (Å²) in [6.45, 7) is 6.01. The van der Waals surface area contributed by atoms with Gasteiger partial charge < -0.3 is 19.5 Å². The Morgan fingerprint density at radius 3 is 2.57 bits per heavy atom. The first-order chi connectivity index (χ1) is 17.0. The van der Waals surface area contributed by atoms with E-state index in [-0.39, 0.29) is 30.7 Å². The zero-order chi connectivity index (χ0) is 25.0. The number of ether oxygens (including phenoxy) is 3. The van der Waals surface area contributed by atoms with Gasteiger partial charge in [-0.25, -0.2) is 8.51 Å². The molecule has 0 aliphatic carbocycles. The van der Waals surface area contributed by atoms with E-state index in [4.69, 9.17) is 14.2 Å². The fourth-order valence-electron chi connectivity index (χ4n) is 4.01. The molecule has 7 nitrogen and oxygen atoms in total. The summed E-state index contributed by atoms with van der Waals surface area (Å²) in [4.78, 5) is 13.4. The van der Waals surface area contributed by atoms with Gasteiger partial charge in [-0.1, -0.05) is 37.3 Å². The molecular formula is C27H38N2O5S. The van der Waals surface area contributed by atoms with Crippen LogP contribution in [0.1, 0.15) is 38.7 Å². The van der Waals surface area contributed by atoms with Crippen molar-refractivity contribution in [3.63, 3.8) is 0 Å². The van der Waals surface area contributed by atoms with Gasteiger partial charge in [0.05, 0.1) is 24.7 Å². The largest absolute Gasteiger partial charge is 0.497 e. The predicted octanol–water partition coefficient (Wildman–Crippen LogP) is 3.74. The lowest BCUT2D eigenvalue weighted by molar-refractivity contribution is -0.128. The topological polar surface area (TPSA) is 77.1 Å². The number of benzene rings is 2. The van der Waals surface area contributed by atoms with Crippen LogP contribution in [0.15, 0.2) is 59.5 Å². The Morgan fingerprint density at radius 1 is 1.20 bits per heavy atom. The Labute approximate surface area is 211 Å². The van der Waals surface area contributed by atoms with Gasteiger partial charge in [0.25, 0.3) is 0 Å². The number of nitrogens with one attached hydrogen (secondary N) is 1. The fourth-order valence-corrected chi connectivity index (χ4v) is 5.40. The average Bonchev–Trinajstić information content (AvgIpc) is 3.41. The van der Waals surface area contributed by atoms with Crippen molar-refractivity contribution in [3.05, 3.63) is 60.2 Å². The third-order valence-corrected chi connectivity index (χ3v) is 7.93. The van der Waals surface area contributed by atoms with E-state index in [2.05, 4.69) is 31.3 Å². The molecule has 3 rings (SSSR count). The lowest BCUT2D eigenvalue weighted by Crippen LogP contribution is -2.43. The van der Waals surface area contributed by atoms with E-state index >= 15 is 0 Å². The molecule has 1 amide bonds. The maximum Gasteiger partial charge on any atom is 0.246 e. The molecule has 1 saturated heterocycles. The van der Waals surface area contributed by atoms with Crippen molar-refractivity contribution in [3.8, 4) is 5.75 Å². The van der Waals surface area contributed by atoms with Gasteiger partial charge in [0.15, 0.2) is 0 Å². The molecule has 1 fully saturated rings.